The number of aryl methyl sites for hydroxylation is 2. The van der Waals surface area contributed by atoms with Crippen molar-refractivity contribution < 1.29 is 4.74 Å². The van der Waals surface area contributed by atoms with Crippen LogP contribution in [-0.2, 0) is 14.1 Å². The molecule has 6 heteroatoms. The van der Waals surface area contributed by atoms with Gasteiger partial charge in [-0.2, -0.15) is 10.2 Å². The molecule has 2 heterocycles. The molecule has 0 saturated carbocycles. The Bertz CT molecular complexity index is 557. The Morgan fingerprint density at radius 3 is 2.47 bits per heavy atom. The molecule has 2 rings (SSSR count). The highest BCUT2D eigenvalue weighted by Crippen LogP contribution is 2.30. The van der Waals surface area contributed by atoms with Crippen molar-refractivity contribution in [2.75, 3.05) is 13.7 Å². The van der Waals surface area contributed by atoms with Gasteiger partial charge >= 0.3 is 0 Å². The zero-order valence-corrected chi connectivity index (χ0v) is 12.1. The van der Waals surface area contributed by atoms with Crippen molar-refractivity contribution in [1.29, 1.82) is 0 Å². The number of ether oxygens (including phenoxy) is 1. The summed E-state index contributed by atoms with van der Waals surface area (Å²) in [6.07, 6.45) is 3.64. The first-order valence-electron chi connectivity index (χ1n) is 6.37. The zero-order valence-electron chi connectivity index (χ0n) is 12.1. The number of nitrogens with zero attached hydrogens (tertiary/aromatic N) is 4. The second kappa shape index (κ2) is 5.44. The molecule has 0 bridgehead atoms. The van der Waals surface area contributed by atoms with Crippen molar-refractivity contribution in [3.05, 3.63) is 29.3 Å². The fraction of sp³-hybridized carbons (Fsp3) is 0.538. The predicted octanol–water partition coefficient (Wildman–Crippen LogP) is 1.17. The Kier molecular flexibility index (Phi) is 3.90. The van der Waals surface area contributed by atoms with E-state index in [0.29, 0.717) is 0 Å². The van der Waals surface area contributed by atoms with Gasteiger partial charge in [-0.1, -0.05) is 6.92 Å². The first-order chi connectivity index (χ1) is 9.10. The van der Waals surface area contributed by atoms with Gasteiger partial charge in [0.05, 0.1) is 25.5 Å². The molecule has 19 heavy (non-hydrogen) atoms. The van der Waals surface area contributed by atoms with Crippen molar-refractivity contribution >= 4 is 0 Å². The lowest BCUT2D eigenvalue weighted by Crippen LogP contribution is -2.25. The number of hydrogen-bond donors (Lipinski definition) is 1. The van der Waals surface area contributed by atoms with Gasteiger partial charge < -0.3 is 10.1 Å². The molecular formula is C13H21N5O. The van der Waals surface area contributed by atoms with Gasteiger partial charge in [0.15, 0.2) is 5.75 Å². The van der Waals surface area contributed by atoms with Gasteiger partial charge in [-0.15, -0.1) is 0 Å². The van der Waals surface area contributed by atoms with E-state index in [-0.39, 0.29) is 6.04 Å². The van der Waals surface area contributed by atoms with E-state index in [2.05, 4.69) is 29.4 Å². The summed E-state index contributed by atoms with van der Waals surface area (Å²) in [6, 6.07) is 0.0288. The number of methoxy groups -OCH3 is 1. The van der Waals surface area contributed by atoms with Gasteiger partial charge in [0.1, 0.15) is 5.69 Å². The molecule has 0 aliphatic rings. The lowest BCUT2D eigenvalue weighted by molar-refractivity contribution is 0.401. The zero-order chi connectivity index (χ0) is 14.0. The SMILES string of the molecule is CCNC(c1cnn(C)c1C)c1c(OC)cnn1C. The van der Waals surface area contributed by atoms with Crippen molar-refractivity contribution in [3.63, 3.8) is 0 Å². The quantitative estimate of drug-likeness (QED) is 0.880. The molecule has 2 aromatic rings. The minimum absolute atomic E-state index is 0.0288. The Balaban J connectivity index is 2.51. The predicted molar refractivity (Wildman–Crippen MR) is 73.2 cm³/mol. The van der Waals surface area contributed by atoms with Gasteiger partial charge in [-0.3, -0.25) is 9.36 Å². The van der Waals surface area contributed by atoms with Gasteiger partial charge in [0.2, 0.25) is 0 Å². The summed E-state index contributed by atoms with van der Waals surface area (Å²) in [5.74, 6) is 0.789. The molecule has 0 aliphatic carbocycles. The van der Waals surface area contributed by atoms with Crippen LogP contribution in [0.2, 0.25) is 0 Å². The largest absolute Gasteiger partial charge is 0.493 e. The van der Waals surface area contributed by atoms with Gasteiger partial charge in [0.25, 0.3) is 0 Å². The van der Waals surface area contributed by atoms with Crippen LogP contribution in [0, 0.1) is 6.92 Å². The lowest BCUT2D eigenvalue weighted by Gasteiger charge is -2.19. The van der Waals surface area contributed by atoms with Crippen LogP contribution in [0.1, 0.15) is 29.9 Å². The lowest BCUT2D eigenvalue weighted by atomic mass is 10.0. The molecule has 1 atom stereocenters. The molecule has 6 nitrogen and oxygen atoms in total. The monoisotopic (exact) mass is 263 g/mol. The normalized spacial score (nSPS) is 12.7. The molecule has 0 aromatic carbocycles. The average Bonchev–Trinajstić information content (AvgIpc) is 2.92. The van der Waals surface area contributed by atoms with E-state index in [1.165, 1.54) is 0 Å². The molecule has 1 unspecified atom stereocenters. The summed E-state index contributed by atoms with van der Waals surface area (Å²) >= 11 is 0. The summed E-state index contributed by atoms with van der Waals surface area (Å²) in [5.41, 5.74) is 3.29. The van der Waals surface area contributed by atoms with E-state index >= 15 is 0 Å². The number of rotatable bonds is 5. The molecule has 0 amide bonds. The van der Waals surface area contributed by atoms with Crippen LogP contribution >= 0.6 is 0 Å². The van der Waals surface area contributed by atoms with E-state index in [9.17, 15) is 0 Å². The fourth-order valence-electron chi connectivity index (χ4n) is 2.27. The van der Waals surface area contributed by atoms with E-state index in [1.807, 2.05) is 29.7 Å². The molecule has 0 radical (unpaired) electrons. The van der Waals surface area contributed by atoms with Gasteiger partial charge in [-0.05, 0) is 13.5 Å². The Hall–Kier alpha value is -1.82. The standard InChI is InChI=1S/C13H21N5O/c1-6-14-12(10-7-15-17(3)9(10)2)13-11(19-5)8-16-18(13)4/h7-8,12,14H,6H2,1-5H3. The van der Waals surface area contributed by atoms with E-state index in [0.717, 1.165) is 29.2 Å². The summed E-state index contributed by atoms with van der Waals surface area (Å²) in [7, 11) is 5.54. The maximum atomic E-state index is 5.41. The molecule has 2 aromatic heterocycles. The minimum atomic E-state index is 0.0288. The fourth-order valence-corrected chi connectivity index (χ4v) is 2.27. The van der Waals surface area contributed by atoms with Crippen molar-refractivity contribution in [3.8, 4) is 5.75 Å². The molecule has 0 spiro atoms. The molecule has 104 valence electrons. The molecule has 1 N–H and O–H groups in total. The van der Waals surface area contributed by atoms with Gasteiger partial charge in [-0.25, -0.2) is 0 Å². The summed E-state index contributed by atoms with van der Waals surface area (Å²) in [4.78, 5) is 0. The molecule has 0 fully saturated rings. The Morgan fingerprint density at radius 2 is 1.95 bits per heavy atom. The molecule has 0 saturated heterocycles. The van der Waals surface area contributed by atoms with Crippen LogP contribution in [0.3, 0.4) is 0 Å². The van der Waals surface area contributed by atoms with Gasteiger partial charge in [0, 0.05) is 25.4 Å². The second-order valence-corrected chi connectivity index (χ2v) is 4.52. The maximum Gasteiger partial charge on any atom is 0.161 e. The van der Waals surface area contributed by atoms with E-state index in [4.69, 9.17) is 4.74 Å². The van der Waals surface area contributed by atoms with Crippen molar-refractivity contribution in [1.82, 2.24) is 24.9 Å². The van der Waals surface area contributed by atoms with Crippen LogP contribution in [0.25, 0.3) is 0 Å². The summed E-state index contributed by atoms with van der Waals surface area (Å²) in [6.45, 7) is 5.00. The average molecular weight is 263 g/mol. The smallest absolute Gasteiger partial charge is 0.161 e. The van der Waals surface area contributed by atoms with E-state index < -0.39 is 0 Å². The van der Waals surface area contributed by atoms with Crippen molar-refractivity contribution in [2.45, 2.75) is 19.9 Å². The number of aromatic nitrogens is 4. The Labute approximate surface area is 113 Å². The Morgan fingerprint density at radius 1 is 1.26 bits per heavy atom. The first-order valence-corrected chi connectivity index (χ1v) is 6.37. The molecule has 0 aliphatic heterocycles. The topological polar surface area (TPSA) is 56.9 Å². The van der Waals surface area contributed by atoms with E-state index in [1.54, 1.807) is 13.3 Å². The van der Waals surface area contributed by atoms with Crippen LogP contribution in [0.5, 0.6) is 5.75 Å². The van der Waals surface area contributed by atoms with Crippen LogP contribution in [0.15, 0.2) is 12.4 Å². The summed E-state index contributed by atoms with van der Waals surface area (Å²) in [5, 5.41) is 12.1. The summed E-state index contributed by atoms with van der Waals surface area (Å²) < 4.78 is 9.13. The van der Waals surface area contributed by atoms with Crippen molar-refractivity contribution in [2.24, 2.45) is 14.1 Å². The third kappa shape index (κ3) is 2.35. The van der Waals surface area contributed by atoms with Crippen LogP contribution < -0.4 is 10.1 Å². The highest BCUT2D eigenvalue weighted by atomic mass is 16.5. The number of hydrogen-bond acceptors (Lipinski definition) is 4. The third-order valence-electron chi connectivity index (χ3n) is 3.44. The first kappa shape index (κ1) is 13.6. The highest BCUT2D eigenvalue weighted by molar-refractivity contribution is 5.37. The van der Waals surface area contributed by atoms with Crippen LogP contribution in [0.4, 0.5) is 0 Å². The number of nitrogens with one attached hydrogen (secondary N) is 1. The second-order valence-electron chi connectivity index (χ2n) is 4.52. The maximum absolute atomic E-state index is 5.41. The molecular weight excluding hydrogens is 242 g/mol. The highest BCUT2D eigenvalue weighted by Gasteiger charge is 2.24. The minimum Gasteiger partial charge on any atom is -0.493 e. The van der Waals surface area contributed by atoms with Crippen LogP contribution in [-0.4, -0.2) is 33.2 Å². The third-order valence-corrected chi connectivity index (χ3v) is 3.44.